The zero-order chi connectivity index (χ0) is 13.9. The number of nitrogens with zero attached hydrogens (tertiary/aromatic N) is 1. The van der Waals surface area contributed by atoms with Crippen LogP contribution < -0.4 is 5.32 Å². The van der Waals surface area contributed by atoms with Crippen LogP contribution >= 0.6 is 0 Å². The molecule has 2 N–H and O–H groups in total. The highest BCUT2D eigenvalue weighted by molar-refractivity contribution is 7.91. The predicted molar refractivity (Wildman–Crippen MR) is 65.0 cm³/mol. The lowest BCUT2D eigenvalue weighted by Crippen LogP contribution is -2.45. The van der Waals surface area contributed by atoms with Gasteiger partial charge >= 0.3 is 12.0 Å². The second-order valence-corrected chi connectivity index (χ2v) is 6.82. The summed E-state index contributed by atoms with van der Waals surface area (Å²) in [6.07, 6.45) is 0.431. The first-order chi connectivity index (χ1) is 8.23. The molecule has 1 aliphatic rings. The SMILES string of the molecule is CC(CNC(=O)N(C)C1CCS(=O)(=O)C1)C(=O)O. The Balaban J connectivity index is 2.45. The van der Waals surface area contributed by atoms with Crippen molar-refractivity contribution in [2.24, 2.45) is 5.92 Å². The molecule has 18 heavy (non-hydrogen) atoms. The molecule has 2 atom stereocenters. The molecule has 0 aliphatic carbocycles. The summed E-state index contributed by atoms with van der Waals surface area (Å²) in [5.41, 5.74) is 0. The van der Waals surface area contributed by atoms with E-state index in [2.05, 4.69) is 5.32 Å². The molecule has 1 rings (SSSR count). The van der Waals surface area contributed by atoms with E-state index in [1.54, 1.807) is 0 Å². The minimum absolute atomic E-state index is 0.0224. The fourth-order valence-corrected chi connectivity index (χ4v) is 3.47. The van der Waals surface area contributed by atoms with Crippen LogP contribution in [0.4, 0.5) is 4.79 Å². The fourth-order valence-electron chi connectivity index (χ4n) is 1.70. The number of rotatable bonds is 4. The number of carbonyl (C=O) groups is 2. The Hall–Kier alpha value is -1.31. The van der Waals surface area contributed by atoms with Crippen LogP contribution in [0.3, 0.4) is 0 Å². The molecule has 7 nitrogen and oxygen atoms in total. The van der Waals surface area contributed by atoms with Gasteiger partial charge in [0.15, 0.2) is 9.84 Å². The summed E-state index contributed by atoms with van der Waals surface area (Å²) in [7, 11) is -1.51. The summed E-state index contributed by atoms with van der Waals surface area (Å²) < 4.78 is 22.6. The van der Waals surface area contributed by atoms with Crippen molar-refractivity contribution in [3.63, 3.8) is 0 Å². The molecule has 0 saturated carbocycles. The van der Waals surface area contributed by atoms with E-state index in [1.807, 2.05) is 0 Å². The first-order valence-electron chi connectivity index (χ1n) is 5.67. The molecule has 2 unspecified atom stereocenters. The molecular weight excluding hydrogens is 260 g/mol. The van der Waals surface area contributed by atoms with Gasteiger partial charge in [-0.3, -0.25) is 4.79 Å². The third-order valence-corrected chi connectivity index (χ3v) is 4.81. The minimum Gasteiger partial charge on any atom is -0.481 e. The highest BCUT2D eigenvalue weighted by Crippen LogP contribution is 2.16. The molecule has 1 fully saturated rings. The van der Waals surface area contributed by atoms with Gasteiger partial charge in [-0.15, -0.1) is 0 Å². The highest BCUT2D eigenvalue weighted by Gasteiger charge is 2.32. The average molecular weight is 278 g/mol. The molecular formula is C10H18N2O5S. The largest absolute Gasteiger partial charge is 0.481 e. The maximum absolute atomic E-state index is 11.7. The third-order valence-electron chi connectivity index (χ3n) is 3.06. The molecule has 8 heteroatoms. The molecule has 0 aromatic rings. The van der Waals surface area contributed by atoms with Gasteiger partial charge in [-0.25, -0.2) is 13.2 Å². The zero-order valence-corrected chi connectivity index (χ0v) is 11.2. The van der Waals surface area contributed by atoms with Crippen LogP contribution in [-0.2, 0) is 14.6 Å². The minimum atomic E-state index is -3.03. The van der Waals surface area contributed by atoms with Crippen LogP contribution in [0, 0.1) is 5.92 Å². The number of hydrogen-bond donors (Lipinski definition) is 2. The van der Waals surface area contributed by atoms with Gasteiger partial charge < -0.3 is 15.3 Å². The summed E-state index contributed by atoms with van der Waals surface area (Å²) in [4.78, 5) is 23.6. The van der Waals surface area contributed by atoms with E-state index in [0.717, 1.165) is 0 Å². The quantitative estimate of drug-likeness (QED) is 0.724. The van der Waals surface area contributed by atoms with Crippen LogP contribution in [0.5, 0.6) is 0 Å². The van der Waals surface area contributed by atoms with Crippen molar-refractivity contribution in [3.05, 3.63) is 0 Å². The summed E-state index contributed by atoms with van der Waals surface area (Å²) in [6, 6.07) is -0.764. The number of aliphatic carboxylic acids is 1. The topological polar surface area (TPSA) is 104 Å². The van der Waals surface area contributed by atoms with Crippen molar-refractivity contribution in [2.75, 3.05) is 25.1 Å². The van der Waals surface area contributed by atoms with E-state index >= 15 is 0 Å². The van der Waals surface area contributed by atoms with Crippen LogP contribution in [-0.4, -0.2) is 61.6 Å². The van der Waals surface area contributed by atoms with E-state index in [4.69, 9.17) is 5.11 Å². The standard InChI is InChI=1S/C10H18N2O5S/c1-7(9(13)14)5-11-10(15)12(2)8-3-4-18(16,17)6-8/h7-8H,3-6H2,1-2H3,(H,11,15)(H,13,14). The Morgan fingerprint density at radius 2 is 2.11 bits per heavy atom. The second kappa shape index (κ2) is 5.55. The number of carbonyl (C=O) groups excluding carboxylic acids is 1. The number of carboxylic acid groups (broad SMARTS) is 1. The Labute approximate surface area is 106 Å². The van der Waals surface area contributed by atoms with Gasteiger partial charge in [0.1, 0.15) is 0 Å². The molecule has 104 valence electrons. The van der Waals surface area contributed by atoms with Gasteiger partial charge in [0.2, 0.25) is 0 Å². The summed E-state index contributed by atoms with van der Waals surface area (Å²) in [5, 5.41) is 11.1. The van der Waals surface area contributed by atoms with Crippen LogP contribution in [0.25, 0.3) is 0 Å². The van der Waals surface area contributed by atoms with Crippen LogP contribution in [0.15, 0.2) is 0 Å². The fraction of sp³-hybridized carbons (Fsp3) is 0.800. The zero-order valence-electron chi connectivity index (χ0n) is 10.4. The van der Waals surface area contributed by atoms with E-state index in [9.17, 15) is 18.0 Å². The summed E-state index contributed by atoms with van der Waals surface area (Å²) in [6.45, 7) is 1.51. The van der Waals surface area contributed by atoms with Gasteiger partial charge in [-0.05, 0) is 6.42 Å². The van der Waals surface area contributed by atoms with E-state index in [0.29, 0.717) is 6.42 Å². The van der Waals surface area contributed by atoms with E-state index in [1.165, 1.54) is 18.9 Å². The number of urea groups is 1. The molecule has 0 spiro atoms. The van der Waals surface area contributed by atoms with Crippen LogP contribution in [0.1, 0.15) is 13.3 Å². The number of nitrogens with one attached hydrogen (secondary N) is 1. The average Bonchev–Trinajstić information content (AvgIpc) is 2.64. The first-order valence-corrected chi connectivity index (χ1v) is 7.49. The summed E-state index contributed by atoms with van der Waals surface area (Å²) in [5.74, 6) is -1.58. The van der Waals surface area contributed by atoms with Gasteiger partial charge in [0.25, 0.3) is 0 Å². The molecule has 0 aromatic carbocycles. The Kier molecular flexibility index (Phi) is 4.55. The maximum atomic E-state index is 11.7. The number of amides is 2. The van der Waals surface area contributed by atoms with Crippen molar-refractivity contribution in [1.82, 2.24) is 10.2 Å². The molecule has 1 aliphatic heterocycles. The lowest BCUT2D eigenvalue weighted by atomic mass is 10.2. The molecule has 0 aromatic heterocycles. The predicted octanol–water partition coefficient (Wildman–Crippen LogP) is -0.464. The second-order valence-electron chi connectivity index (χ2n) is 4.59. The van der Waals surface area contributed by atoms with Gasteiger partial charge in [0.05, 0.1) is 17.4 Å². The van der Waals surface area contributed by atoms with Gasteiger partial charge in [-0.2, -0.15) is 0 Å². The third kappa shape index (κ3) is 3.86. The molecule has 1 heterocycles. The van der Waals surface area contributed by atoms with Crippen molar-refractivity contribution < 1.29 is 23.1 Å². The van der Waals surface area contributed by atoms with Crippen LogP contribution in [0.2, 0.25) is 0 Å². The monoisotopic (exact) mass is 278 g/mol. The van der Waals surface area contributed by atoms with Crippen molar-refractivity contribution in [3.8, 4) is 0 Å². The first kappa shape index (κ1) is 14.7. The number of carboxylic acids is 1. The van der Waals surface area contributed by atoms with Gasteiger partial charge in [0, 0.05) is 19.6 Å². The molecule has 1 saturated heterocycles. The smallest absolute Gasteiger partial charge is 0.317 e. The van der Waals surface area contributed by atoms with Crippen molar-refractivity contribution in [2.45, 2.75) is 19.4 Å². The normalized spacial score (nSPS) is 23.3. The van der Waals surface area contributed by atoms with E-state index < -0.39 is 27.8 Å². The lowest BCUT2D eigenvalue weighted by molar-refractivity contribution is -0.140. The van der Waals surface area contributed by atoms with Crippen molar-refractivity contribution >= 4 is 21.8 Å². The number of sulfone groups is 1. The summed E-state index contributed by atoms with van der Waals surface area (Å²) >= 11 is 0. The Morgan fingerprint density at radius 3 is 2.56 bits per heavy atom. The maximum Gasteiger partial charge on any atom is 0.317 e. The van der Waals surface area contributed by atoms with Gasteiger partial charge in [-0.1, -0.05) is 6.92 Å². The molecule has 0 bridgehead atoms. The highest BCUT2D eigenvalue weighted by atomic mass is 32.2. The molecule has 2 amide bonds. The Bertz CT molecular complexity index is 434. The Morgan fingerprint density at radius 1 is 1.50 bits per heavy atom. The lowest BCUT2D eigenvalue weighted by Gasteiger charge is -2.24. The molecule has 0 radical (unpaired) electrons. The number of hydrogen-bond acceptors (Lipinski definition) is 4. The van der Waals surface area contributed by atoms with E-state index in [-0.39, 0.29) is 24.1 Å². The van der Waals surface area contributed by atoms with Crippen molar-refractivity contribution in [1.29, 1.82) is 0 Å².